The molecule has 0 aliphatic carbocycles. The van der Waals surface area contributed by atoms with Crippen LogP contribution in [0.5, 0.6) is 0 Å². The summed E-state index contributed by atoms with van der Waals surface area (Å²) in [4.78, 5) is 20.9. The zero-order valence-electron chi connectivity index (χ0n) is 15.0. The van der Waals surface area contributed by atoms with Gasteiger partial charge in [0.2, 0.25) is 0 Å². The largest absolute Gasteiger partial charge is 0.378 e. The zero-order chi connectivity index (χ0) is 17.8. The maximum atomic E-state index is 12.3. The number of amides is 2. The topological polar surface area (TPSA) is 60.5 Å². The average molecular weight is 339 g/mol. The molecule has 2 aromatic rings. The van der Waals surface area contributed by atoms with Crippen LogP contribution in [0.2, 0.25) is 0 Å². The van der Waals surface area contributed by atoms with Gasteiger partial charge in [-0.25, -0.2) is 9.78 Å². The normalized spacial score (nSPS) is 16.6. The summed E-state index contributed by atoms with van der Waals surface area (Å²) in [6, 6.07) is 11.9. The van der Waals surface area contributed by atoms with Gasteiger partial charge in [0.15, 0.2) is 0 Å². The zero-order valence-corrected chi connectivity index (χ0v) is 15.0. The van der Waals surface area contributed by atoms with E-state index in [0.717, 1.165) is 42.3 Å². The molecular formula is C19H25N5O. The number of hydrogen-bond acceptors (Lipinski definition) is 4. The van der Waals surface area contributed by atoms with Gasteiger partial charge in [-0.3, -0.25) is 0 Å². The van der Waals surface area contributed by atoms with E-state index >= 15 is 0 Å². The van der Waals surface area contributed by atoms with Crippen molar-refractivity contribution in [3.05, 3.63) is 48.2 Å². The Bertz CT molecular complexity index is 732. The number of urea groups is 1. The third-order valence-electron chi connectivity index (χ3n) is 4.47. The summed E-state index contributed by atoms with van der Waals surface area (Å²) in [6.45, 7) is 3.68. The lowest BCUT2D eigenvalue weighted by atomic mass is 10.1. The molecule has 25 heavy (non-hydrogen) atoms. The van der Waals surface area contributed by atoms with Crippen LogP contribution in [0.1, 0.15) is 12.0 Å². The molecular weight excluding hydrogens is 314 g/mol. The molecule has 0 spiro atoms. The predicted octanol–water partition coefficient (Wildman–Crippen LogP) is 2.86. The average Bonchev–Trinajstić information content (AvgIpc) is 3.05. The van der Waals surface area contributed by atoms with Gasteiger partial charge in [0, 0.05) is 50.8 Å². The smallest absolute Gasteiger partial charge is 0.319 e. The molecule has 2 heterocycles. The number of anilines is 3. The fourth-order valence-corrected chi connectivity index (χ4v) is 3.04. The Morgan fingerprint density at radius 2 is 2.12 bits per heavy atom. The van der Waals surface area contributed by atoms with Crippen LogP contribution in [-0.4, -0.2) is 44.2 Å². The third-order valence-corrected chi connectivity index (χ3v) is 4.47. The summed E-state index contributed by atoms with van der Waals surface area (Å²) < 4.78 is 0. The number of benzene rings is 1. The first-order valence-corrected chi connectivity index (χ1v) is 8.54. The molecule has 2 N–H and O–H groups in total. The summed E-state index contributed by atoms with van der Waals surface area (Å²) in [5.41, 5.74) is 3.00. The van der Waals surface area contributed by atoms with E-state index in [-0.39, 0.29) is 12.1 Å². The molecule has 1 fully saturated rings. The quantitative estimate of drug-likeness (QED) is 0.899. The number of carbonyl (C=O) groups excluding carboxylic acids is 1. The first kappa shape index (κ1) is 17.1. The highest BCUT2D eigenvalue weighted by Gasteiger charge is 2.24. The van der Waals surface area contributed by atoms with Gasteiger partial charge < -0.3 is 20.4 Å². The second-order valence-corrected chi connectivity index (χ2v) is 6.61. The summed E-state index contributed by atoms with van der Waals surface area (Å²) in [5, 5.41) is 6.02. The van der Waals surface area contributed by atoms with Crippen molar-refractivity contribution in [2.75, 3.05) is 42.3 Å². The molecule has 1 aliphatic heterocycles. The maximum Gasteiger partial charge on any atom is 0.319 e. The van der Waals surface area contributed by atoms with Crippen molar-refractivity contribution in [1.29, 1.82) is 0 Å². The van der Waals surface area contributed by atoms with Crippen LogP contribution in [0.4, 0.5) is 22.0 Å². The van der Waals surface area contributed by atoms with E-state index in [1.54, 1.807) is 6.20 Å². The lowest BCUT2D eigenvalue weighted by Gasteiger charge is -2.19. The molecule has 1 aliphatic rings. The Labute approximate surface area is 148 Å². The van der Waals surface area contributed by atoms with Crippen molar-refractivity contribution in [2.24, 2.45) is 0 Å². The van der Waals surface area contributed by atoms with Crippen LogP contribution < -0.4 is 20.4 Å². The highest BCUT2D eigenvalue weighted by atomic mass is 16.2. The van der Waals surface area contributed by atoms with Crippen molar-refractivity contribution in [2.45, 2.75) is 19.4 Å². The molecule has 1 atom stereocenters. The summed E-state index contributed by atoms with van der Waals surface area (Å²) >= 11 is 0. The number of rotatable bonds is 4. The van der Waals surface area contributed by atoms with E-state index in [1.165, 1.54) is 0 Å². The van der Waals surface area contributed by atoms with Crippen molar-refractivity contribution in [1.82, 2.24) is 10.3 Å². The van der Waals surface area contributed by atoms with Crippen molar-refractivity contribution in [3.8, 4) is 0 Å². The molecule has 3 rings (SSSR count). The number of carbonyl (C=O) groups is 1. The molecule has 1 aromatic carbocycles. The molecule has 6 nitrogen and oxygen atoms in total. The van der Waals surface area contributed by atoms with Crippen LogP contribution in [0, 0.1) is 6.92 Å². The number of pyridine rings is 1. The number of nitrogens with zero attached hydrogens (tertiary/aromatic N) is 3. The SMILES string of the molecule is Cc1cc(N(C)C)ccc1NC(=O)NC1CCN(c2ccccn2)C1. The Morgan fingerprint density at radius 1 is 1.28 bits per heavy atom. The van der Waals surface area contributed by atoms with Gasteiger partial charge in [-0.2, -0.15) is 0 Å². The molecule has 0 saturated carbocycles. The molecule has 1 unspecified atom stereocenters. The van der Waals surface area contributed by atoms with E-state index in [4.69, 9.17) is 0 Å². The van der Waals surface area contributed by atoms with Crippen molar-refractivity contribution >= 4 is 23.2 Å². The van der Waals surface area contributed by atoms with Crippen LogP contribution in [-0.2, 0) is 0 Å². The number of aromatic nitrogens is 1. The lowest BCUT2D eigenvalue weighted by molar-refractivity contribution is 0.249. The van der Waals surface area contributed by atoms with E-state index in [0.29, 0.717) is 0 Å². The first-order chi connectivity index (χ1) is 12.0. The highest BCUT2D eigenvalue weighted by molar-refractivity contribution is 5.90. The van der Waals surface area contributed by atoms with E-state index in [2.05, 4.69) is 26.6 Å². The van der Waals surface area contributed by atoms with E-state index in [1.807, 2.05) is 56.3 Å². The maximum absolute atomic E-state index is 12.3. The van der Waals surface area contributed by atoms with Crippen molar-refractivity contribution < 1.29 is 4.79 Å². The minimum atomic E-state index is -0.159. The van der Waals surface area contributed by atoms with Gasteiger partial charge in [0.25, 0.3) is 0 Å². The molecule has 0 bridgehead atoms. The minimum Gasteiger partial charge on any atom is -0.378 e. The minimum absolute atomic E-state index is 0.128. The standard InChI is InChI=1S/C19H25N5O/c1-14-12-16(23(2)3)7-8-17(14)22-19(25)21-15-9-11-24(13-15)18-6-4-5-10-20-18/h4-8,10,12,15H,9,11,13H2,1-3H3,(H2,21,22,25). The Hall–Kier alpha value is -2.76. The summed E-state index contributed by atoms with van der Waals surface area (Å²) in [5.74, 6) is 0.960. The van der Waals surface area contributed by atoms with Crippen molar-refractivity contribution in [3.63, 3.8) is 0 Å². The summed E-state index contributed by atoms with van der Waals surface area (Å²) in [7, 11) is 4.00. The van der Waals surface area contributed by atoms with Gasteiger partial charge in [-0.05, 0) is 49.2 Å². The Balaban J connectivity index is 1.55. The van der Waals surface area contributed by atoms with Gasteiger partial charge in [0.05, 0.1) is 0 Å². The van der Waals surface area contributed by atoms with Crippen LogP contribution in [0.3, 0.4) is 0 Å². The van der Waals surface area contributed by atoms with Crippen LogP contribution >= 0.6 is 0 Å². The Kier molecular flexibility index (Phi) is 5.07. The highest BCUT2D eigenvalue weighted by Crippen LogP contribution is 2.22. The first-order valence-electron chi connectivity index (χ1n) is 8.54. The van der Waals surface area contributed by atoms with E-state index in [9.17, 15) is 4.79 Å². The molecule has 132 valence electrons. The third kappa shape index (κ3) is 4.21. The number of hydrogen-bond donors (Lipinski definition) is 2. The fourth-order valence-electron chi connectivity index (χ4n) is 3.04. The molecule has 2 amide bonds. The molecule has 1 aromatic heterocycles. The van der Waals surface area contributed by atoms with Crippen LogP contribution in [0.15, 0.2) is 42.6 Å². The molecule has 0 radical (unpaired) electrons. The van der Waals surface area contributed by atoms with Gasteiger partial charge in [-0.15, -0.1) is 0 Å². The molecule has 1 saturated heterocycles. The van der Waals surface area contributed by atoms with Gasteiger partial charge in [0.1, 0.15) is 5.82 Å². The summed E-state index contributed by atoms with van der Waals surface area (Å²) in [6.07, 6.45) is 2.71. The number of nitrogens with one attached hydrogen (secondary N) is 2. The molecule has 6 heteroatoms. The van der Waals surface area contributed by atoms with Crippen LogP contribution in [0.25, 0.3) is 0 Å². The predicted molar refractivity (Wildman–Crippen MR) is 103 cm³/mol. The number of aryl methyl sites for hydroxylation is 1. The fraction of sp³-hybridized carbons (Fsp3) is 0.368. The second-order valence-electron chi connectivity index (χ2n) is 6.61. The monoisotopic (exact) mass is 339 g/mol. The Morgan fingerprint density at radius 3 is 2.80 bits per heavy atom. The van der Waals surface area contributed by atoms with Gasteiger partial charge >= 0.3 is 6.03 Å². The lowest BCUT2D eigenvalue weighted by Crippen LogP contribution is -2.39. The van der Waals surface area contributed by atoms with Gasteiger partial charge in [-0.1, -0.05) is 6.07 Å². The second kappa shape index (κ2) is 7.42. The van der Waals surface area contributed by atoms with E-state index < -0.39 is 0 Å².